The van der Waals surface area contributed by atoms with Gasteiger partial charge in [0.1, 0.15) is 6.61 Å². The Balaban J connectivity index is 0.000000666. The summed E-state index contributed by atoms with van der Waals surface area (Å²) in [6.45, 7) is 7.93. The maximum atomic E-state index is 12.1. The minimum atomic E-state index is -0.252. The molecule has 1 aromatic rings. The number of benzene rings is 1. The van der Waals surface area contributed by atoms with Gasteiger partial charge in [0.2, 0.25) is 0 Å². The van der Waals surface area contributed by atoms with E-state index in [0.29, 0.717) is 25.6 Å². The van der Waals surface area contributed by atoms with Gasteiger partial charge in [-0.1, -0.05) is 51.6 Å². The summed E-state index contributed by atoms with van der Waals surface area (Å²) in [6.07, 6.45) is 5.05. The maximum Gasteiger partial charge on any atom is 0.410 e. The van der Waals surface area contributed by atoms with Crippen molar-refractivity contribution in [2.45, 2.75) is 78.6 Å². The van der Waals surface area contributed by atoms with Gasteiger partial charge in [-0.2, -0.15) is 0 Å². The molecule has 4 unspecified atom stereocenters. The van der Waals surface area contributed by atoms with Gasteiger partial charge in [-0.25, -0.2) is 4.79 Å². The fraction of sp³-hybridized carbons (Fsp3) is 0.731. The lowest BCUT2D eigenvalue weighted by Crippen LogP contribution is -2.37. The van der Waals surface area contributed by atoms with E-state index < -0.39 is 0 Å². The standard InChI is InChI=1S/C16H23NO3.C8H17NO.CH4O.CH4/c1-13-9-11-17(10-5-8-15(13)18)16(19)20-12-14-6-3-2-4-7-14;1-7-4-6-9-5-2-3-8(7)10;1-2;/h2-4,6-7,13,15,18H,5,8-12H2,1H3;7-10H,2-6H2,1H3;2H,1H3;1H4. The van der Waals surface area contributed by atoms with E-state index in [2.05, 4.69) is 12.2 Å². The lowest BCUT2D eigenvalue weighted by atomic mass is 9.95. The molecule has 4 atom stereocenters. The summed E-state index contributed by atoms with van der Waals surface area (Å²) in [5, 5.41) is 29.6. The first-order valence-corrected chi connectivity index (χ1v) is 11.9. The molecule has 2 aliphatic heterocycles. The Labute approximate surface area is 201 Å². The third kappa shape index (κ3) is 13.0. The van der Waals surface area contributed by atoms with E-state index in [1.54, 1.807) is 4.90 Å². The van der Waals surface area contributed by atoms with Crippen LogP contribution in [0.15, 0.2) is 30.3 Å². The van der Waals surface area contributed by atoms with E-state index in [-0.39, 0.29) is 31.6 Å². The van der Waals surface area contributed by atoms with Gasteiger partial charge >= 0.3 is 6.09 Å². The lowest BCUT2D eigenvalue weighted by molar-refractivity contribution is 0.0595. The summed E-state index contributed by atoms with van der Waals surface area (Å²) < 4.78 is 5.35. The highest BCUT2D eigenvalue weighted by molar-refractivity contribution is 5.67. The van der Waals surface area contributed by atoms with Crippen molar-refractivity contribution in [2.24, 2.45) is 11.8 Å². The zero-order chi connectivity index (χ0) is 23.8. The Morgan fingerprint density at radius 1 is 0.939 bits per heavy atom. The first-order valence-electron chi connectivity index (χ1n) is 11.9. The molecule has 2 saturated heterocycles. The van der Waals surface area contributed by atoms with Gasteiger partial charge in [0, 0.05) is 20.2 Å². The topological polar surface area (TPSA) is 102 Å². The number of hydrogen-bond acceptors (Lipinski definition) is 6. The molecule has 0 aliphatic carbocycles. The number of ether oxygens (including phenoxy) is 1. The number of aliphatic hydroxyl groups excluding tert-OH is 3. The average molecular weight is 469 g/mol. The summed E-state index contributed by atoms with van der Waals surface area (Å²) in [5.41, 5.74) is 0.997. The smallest absolute Gasteiger partial charge is 0.410 e. The molecule has 1 aromatic carbocycles. The van der Waals surface area contributed by atoms with E-state index in [1.807, 2.05) is 37.3 Å². The molecule has 1 amide bonds. The highest BCUT2D eigenvalue weighted by Gasteiger charge is 2.22. The quantitative estimate of drug-likeness (QED) is 0.526. The van der Waals surface area contributed by atoms with Crippen LogP contribution in [0.25, 0.3) is 0 Å². The SMILES string of the molecule is C.CC1CCN(C(=O)OCc2ccccc2)CCCC1O.CC1CCNCCCC1O.CO. The van der Waals surface area contributed by atoms with Gasteiger partial charge in [-0.05, 0) is 69.0 Å². The molecule has 4 N–H and O–H groups in total. The second-order valence-electron chi connectivity index (χ2n) is 8.73. The van der Waals surface area contributed by atoms with Crippen LogP contribution in [0.2, 0.25) is 0 Å². The molecule has 0 bridgehead atoms. The van der Waals surface area contributed by atoms with Crippen LogP contribution in [0.1, 0.15) is 65.4 Å². The predicted octanol–water partition coefficient (Wildman–Crippen LogP) is 3.81. The summed E-state index contributed by atoms with van der Waals surface area (Å²) in [4.78, 5) is 13.8. The first-order chi connectivity index (χ1) is 15.5. The maximum absolute atomic E-state index is 12.1. The molecule has 2 aliphatic rings. The molecule has 33 heavy (non-hydrogen) atoms. The number of carbonyl (C=O) groups excluding carboxylic acids is 1. The van der Waals surface area contributed by atoms with Gasteiger partial charge in [0.05, 0.1) is 12.2 Å². The fourth-order valence-electron chi connectivity index (χ4n) is 3.80. The number of amides is 1. The Morgan fingerprint density at radius 3 is 2.21 bits per heavy atom. The Morgan fingerprint density at radius 2 is 1.55 bits per heavy atom. The van der Waals surface area contributed by atoms with Crippen LogP contribution in [0, 0.1) is 11.8 Å². The molecule has 2 fully saturated rings. The molecule has 0 radical (unpaired) electrons. The minimum Gasteiger partial charge on any atom is -0.445 e. The van der Waals surface area contributed by atoms with Crippen molar-refractivity contribution < 1.29 is 24.9 Å². The number of likely N-dealkylation sites (tertiary alicyclic amines) is 1. The third-order valence-electron chi connectivity index (χ3n) is 6.19. The lowest BCUT2D eigenvalue weighted by Gasteiger charge is -2.29. The molecule has 3 rings (SSSR count). The van der Waals surface area contributed by atoms with Crippen molar-refractivity contribution >= 4 is 6.09 Å². The largest absolute Gasteiger partial charge is 0.445 e. The van der Waals surface area contributed by atoms with Crippen molar-refractivity contribution in [1.29, 1.82) is 0 Å². The normalized spacial score (nSPS) is 25.7. The monoisotopic (exact) mass is 468 g/mol. The van der Waals surface area contributed by atoms with Crippen LogP contribution >= 0.6 is 0 Å². The second kappa shape index (κ2) is 18.7. The van der Waals surface area contributed by atoms with E-state index in [0.717, 1.165) is 64.3 Å². The van der Waals surface area contributed by atoms with Gasteiger partial charge in [0.25, 0.3) is 0 Å². The number of rotatable bonds is 2. The van der Waals surface area contributed by atoms with Gasteiger partial charge in [-0.15, -0.1) is 0 Å². The Bertz CT molecular complexity index is 590. The molecule has 192 valence electrons. The van der Waals surface area contributed by atoms with E-state index in [4.69, 9.17) is 9.84 Å². The van der Waals surface area contributed by atoms with Crippen LogP contribution in [-0.2, 0) is 11.3 Å². The highest BCUT2D eigenvalue weighted by atomic mass is 16.6. The van der Waals surface area contributed by atoms with E-state index >= 15 is 0 Å². The van der Waals surface area contributed by atoms with Crippen molar-refractivity contribution in [1.82, 2.24) is 10.2 Å². The number of nitrogens with zero attached hydrogens (tertiary/aromatic N) is 1. The van der Waals surface area contributed by atoms with E-state index in [9.17, 15) is 15.0 Å². The molecule has 2 heterocycles. The third-order valence-corrected chi connectivity index (χ3v) is 6.19. The summed E-state index contributed by atoms with van der Waals surface area (Å²) in [6, 6.07) is 9.69. The Kier molecular flexibility index (Phi) is 17.8. The highest BCUT2D eigenvalue weighted by Crippen LogP contribution is 2.18. The molecular formula is C26H48N2O5. The molecule has 0 spiro atoms. The molecule has 7 heteroatoms. The number of aliphatic hydroxyl groups is 3. The average Bonchev–Trinajstić information content (AvgIpc) is 2.81. The number of nitrogens with one attached hydrogen (secondary N) is 1. The van der Waals surface area contributed by atoms with Crippen LogP contribution in [0.5, 0.6) is 0 Å². The first kappa shape index (κ1) is 31.3. The molecular weight excluding hydrogens is 420 g/mol. The van der Waals surface area contributed by atoms with Crippen LogP contribution in [-0.4, -0.2) is 71.8 Å². The van der Waals surface area contributed by atoms with E-state index in [1.165, 1.54) is 0 Å². The van der Waals surface area contributed by atoms with Gasteiger partial charge < -0.3 is 30.3 Å². The van der Waals surface area contributed by atoms with Crippen LogP contribution < -0.4 is 5.32 Å². The zero-order valence-electron chi connectivity index (χ0n) is 20.1. The fourth-order valence-corrected chi connectivity index (χ4v) is 3.80. The number of carbonyl (C=O) groups is 1. The van der Waals surface area contributed by atoms with Gasteiger partial charge in [-0.3, -0.25) is 0 Å². The van der Waals surface area contributed by atoms with Crippen molar-refractivity contribution in [3.63, 3.8) is 0 Å². The molecule has 0 saturated carbocycles. The minimum absolute atomic E-state index is 0. The summed E-state index contributed by atoms with van der Waals surface area (Å²) >= 11 is 0. The van der Waals surface area contributed by atoms with Crippen molar-refractivity contribution in [3.05, 3.63) is 35.9 Å². The van der Waals surface area contributed by atoms with Gasteiger partial charge in [0.15, 0.2) is 0 Å². The van der Waals surface area contributed by atoms with Crippen molar-refractivity contribution in [2.75, 3.05) is 33.3 Å². The van der Waals surface area contributed by atoms with Crippen LogP contribution in [0.4, 0.5) is 4.79 Å². The summed E-state index contributed by atoms with van der Waals surface area (Å²) in [7, 11) is 1.00. The second-order valence-corrected chi connectivity index (χ2v) is 8.73. The zero-order valence-corrected chi connectivity index (χ0v) is 20.1. The Hall–Kier alpha value is -1.67. The van der Waals surface area contributed by atoms with Crippen LogP contribution in [0.3, 0.4) is 0 Å². The van der Waals surface area contributed by atoms with Crippen molar-refractivity contribution in [3.8, 4) is 0 Å². The molecule has 0 aromatic heterocycles. The predicted molar refractivity (Wildman–Crippen MR) is 134 cm³/mol. The number of hydrogen-bond donors (Lipinski definition) is 4. The molecule has 7 nitrogen and oxygen atoms in total. The summed E-state index contributed by atoms with van der Waals surface area (Å²) in [5.74, 6) is 0.715.